The summed E-state index contributed by atoms with van der Waals surface area (Å²) in [6.07, 6.45) is -0.916. The highest BCUT2D eigenvalue weighted by molar-refractivity contribution is 4.87. The lowest BCUT2D eigenvalue weighted by atomic mass is 10.0. The number of nitrogens with one attached hydrogen (secondary N) is 2. The zero-order chi connectivity index (χ0) is 16.3. The molecule has 0 bridgehead atoms. The summed E-state index contributed by atoms with van der Waals surface area (Å²) >= 11 is 0. The van der Waals surface area contributed by atoms with Crippen LogP contribution in [0.2, 0.25) is 0 Å². The summed E-state index contributed by atoms with van der Waals surface area (Å²) in [6.45, 7) is -2.32. The second kappa shape index (κ2) is 11.2. The van der Waals surface area contributed by atoms with Crippen molar-refractivity contribution in [3.05, 3.63) is 0 Å². The van der Waals surface area contributed by atoms with E-state index in [-0.39, 0.29) is 32.9 Å². The van der Waals surface area contributed by atoms with Crippen molar-refractivity contribution in [1.82, 2.24) is 10.6 Å². The smallest absolute Gasteiger partial charge is 0.0882 e. The monoisotopic (exact) mass is 312 g/mol. The first-order valence-corrected chi connectivity index (χ1v) is 6.84. The minimum absolute atomic E-state index is 0.00422. The van der Waals surface area contributed by atoms with Crippen LogP contribution in [0.25, 0.3) is 0 Å². The topological polar surface area (TPSA) is 166 Å². The van der Waals surface area contributed by atoms with Gasteiger partial charge in [-0.2, -0.15) is 0 Å². The summed E-state index contributed by atoms with van der Waals surface area (Å²) in [7, 11) is 0. The standard InChI is InChI=1S/C12H28N2O7/c15-3-9(4-16)11(5-17)13-1-10(21)2-14-12(6-18,7-19)8-20/h9-11,13-21H,1-8H2. The van der Waals surface area contributed by atoms with E-state index in [9.17, 15) is 5.11 Å². The fourth-order valence-corrected chi connectivity index (χ4v) is 1.70. The van der Waals surface area contributed by atoms with Gasteiger partial charge in [-0.3, -0.25) is 0 Å². The van der Waals surface area contributed by atoms with Crippen LogP contribution in [0.5, 0.6) is 0 Å². The van der Waals surface area contributed by atoms with Gasteiger partial charge in [-0.05, 0) is 0 Å². The van der Waals surface area contributed by atoms with Gasteiger partial charge in [0, 0.05) is 38.3 Å². The molecule has 0 saturated heterocycles. The molecule has 21 heavy (non-hydrogen) atoms. The van der Waals surface area contributed by atoms with Crippen LogP contribution in [0.15, 0.2) is 0 Å². The lowest BCUT2D eigenvalue weighted by Gasteiger charge is -2.30. The number of β-amino-alcohol motifs (C(OH)–C–C–N with tert-alkyl or cyclic N) is 1. The van der Waals surface area contributed by atoms with Gasteiger partial charge in [-0.1, -0.05) is 0 Å². The predicted octanol–water partition coefficient (Wildman–Crippen LogP) is -4.80. The Balaban J connectivity index is 4.22. The number of rotatable bonds is 13. The molecule has 2 unspecified atom stereocenters. The van der Waals surface area contributed by atoms with E-state index < -0.39 is 43.4 Å². The Morgan fingerprint density at radius 2 is 1.29 bits per heavy atom. The molecule has 0 spiro atoms. The van der Waals surface area contributed by atoms with Crippen molar-refractivity contribution < 1.29 is 35.7 Å². The van der Waals surface area contributed by atoms with E-state index >= 15 is 0 Å². The van der Waals surface area contributed by atoms with Gasteiger partial charge < -0.3 is 46.4 Å². The van der Waals surface area contributed by atoms with Crippen molar-refractivity contribution in [3.8, 4) is 0 Å². The molecule has 9 N–H and O–H groups in total. The Bertz CT molecular complexity index is 241. The quantitative estimate of drug-likeness (QED) is 0.162. The first kappa shape index (κ1) is 20.6. The maximum Gasteiger partial charge on any atom is 0.0882 e. The summed E-state index contributed by atoms with van der Waals surface area (Å²) < 4.78 is 0. The van der Waals surface area contributed by atoms with Gasteiger partial charge in [0.1, 0.15) is 0 Å². The largest absolute Gasteiger partial charge is 0.396 e. The molecule has 0 rings (SSSR count). The summed E-state index contributed by atoms with van der Waals surface area (Å²) in [5.74, 6) is -0.540. The van der Waals surface area contributed by atoms with E-state index in [4.69, 9.17) is 30.6 Å². The molecule has 0 aromatic carbocycles. The fourth-order valence-electron chi connectivity index (χ4n) is 1.70. The fraction of sp³-hybridized carbons (Fsp3) is 1.00. The molecule has 9 nitrogen and oxygen atoms in total. The molecule has 9 heteroatoms. The van der Waals surface area contributed by atoms with E-state index in [1.807, 2.05) is 0 Å². The van der Waals surface area contributed by atoms with Crippen molar-refractivity contribution >= 4 is 0 Å². The summed E-state index contributed by atoms with van der Waals surface area (Å²) in [5.41, 5.74) is -1.27. The highest BCUT2D eigenvalue weighted by atomic mass is 16.3. The van der Waals surface area contributed by atoms with E-state index in [2.05, 4.69) is 10.6 Å². The third kappa shape index (κ3) is 6.96. The van der Waals surface area contributed by atoms with Crippen LogP contribution < -0.4 is 10.6 Å². The number of aliphatic hydroxyl groups excluding tert-OH is 7. The van der Waals surface area contributed by atoms with Crippen LogP contribution in [0.4, 0.5) is 0 Å². The summed E-state index contributed by atoms with van der Waals surface area (Å²) in [5, 5.41) is 69.9. The molecule has 0 heterocycles. The Morgan fingerprint density at radius 3 is 1.67 bits per heavy atom. The summed E-state index contributed by atoms with van der Waals surface area (Å²) in [4.78, 5) is 0. The maximum absolute atomic E-state index is 9.79. The molecule has 0 fully saturated rings. The van der Waals surface area contributed by atoms with Gasteiger partial charge in [0.25, 0.3) is 0 Å². The van der Waals surface area contributed by atoms with Gasteiger partial charge in [0.2, 0.25) is 0 Å². The molecular formula is C12H28N2O7. The van der Waals surface area contributed by atoms with Crippen LogP contribution in [-0.2, 0) is 0 Å². The molecule has 0 aromatic rings. The van der Waals surface area contributed by atoms with Crippen molar-refractivity contribution in [1.29, 1.82) is 0 Å². The minimum atomic E-state index is -1.27. The van der Waals surface area contributed by atoms with Crippen molar-refractivity contribution in [2.75, 3.05) is 52.7 Å². The van der Waals surface area contributed by atoms with Gasteiger partial charge in [-0.15, -0.1) is 0 Å². The SMILES string of the molecule is OCC(CO)C(CO)NCC(O)CNC(CO)(CO)CO. The van der Waals surface area contributed by atoms with Gasteiger partial charge >= 0.3 is 0 Å². The van der Waals surface area contributed by atoms with Gasteiger partial charge in [0.15, 0.2) is 0 Å². The lowest BCUT2D eigenvalue weighted by Crippen LogP contribution is -2.57. The predicted molar refractivity (Wildman–Crippen MR) is 74.5 cm³/mol. The van der Waals surface area contributed by atoms with Gasteiger partial charge in [0.05, 0.1) is 38.1 Å². The molecular weight excluding hydrogens is 284 g/mol. The Kier molecular flexibility index (Phi) is 11.0. The number of aliphatic hydroxyl groups is 7. The molecule has 0 aliphatic carbocycles. The average molecular weight is 312 g/mol. The molecule has 0 amide bonds. The van der Waals surface area contributed by atoms with E-state index in [0.717, 1.165) is 0 Å². The molecule has 0 radical (unpaired) electrons. The third-order valence-corrected chi connectivity index (χ3v) is 3.47. The Morgan fingerprint density at radius 1 is 0.762 bits per heavy atom. The van der Waals surface area contributed by atoms with Gasteiger partial charge in [-0.25, -0.2) is 0 Å². The molecule has 0 saturated carbocycles. The second-order valence-corrected chi connectivity index (χ2v) is 5.11. The lowest BCUT2D eigenvalue weighted by molar-refractivity contribution is 0.0305. The number of hydrogen-bond acceptors (Lipinski definition) is 9. The van der Waals surface area contributed by atoms with Crippen LogP contribution in [-0.4, -0.2) is 106 Å². The maximum atomic E-state index is 9.79. The van der Waals surface area contributed by atoms with E-state index in [1.54, 1.807) is 0 Å². The van der Waals surface area contributed by atoms with E-state index in [1.165, 1.54) is 0 Å². The molecule has 0 aromatic heterocycles. The average Bonchev–Trinajstić information content (AvgIpc) is 2.53. The van der Waals surface area contributed by atoms with Crippen LogP contribution >= 0.6 is 0 Å². The van der Waals surface area contributed by atoms with Crippen LogP contribution in [0.1, 0.15) is 0 Å². The first-order chi connectivity index (χ1) is 10.0. The van der Waals surface area contributed by atoms with E-state index in [0.29, 0.717) is 0 Å². The summed E-state index contributed by atoms with van der Waals surface area (Å²) in [6, 6.07) is -0.562. The van der Waals surface area contributed by atoms with Crippen LogP contribution in [0.3, 0.4) is 0 Å². The normalized spacial score (nSPS) is 15.4. The molecule has 0 aliphatic rings. The van der Waals surface area contributed by atoms with Crippen molar-refractivity contribution in [3.63, 3.8) is 0 Å². The van der Waals surface area contributed by atoms with Crippen molar-refractivity contribution in [2.45, 2.75) is 17.7 Å². The second-order valence-electron chi connectivity index (χ2n) is 5.11. The first-order valence-electron chi connectivity index (χ1n) is 6.84. The Labute approximate surface area is 123 Å². The zero-order valence-electron chi connectivity index (χ0n) is 12.0. The highest BCUT2D eigenvalue weighted by Crippen LogP contribution is 2.03. The molecule has 2 atom stereocenters. The zero-order valence-corrected chi connectivity index (χ0v) is 12.0. The highest BCUT2D eigenvalue weighted by Gasteiger charge is 2.28. The third-order valence-electron chi connectivity index (χ3n) is 3.47. The molecule has 0 aliphatic heterocycles. The number of hydrogen-bond donors (Lipinski definition) is 9. The van der Waals surface area contributed by atoms with Crippen molar-refractivity contribution in [2.24, 2.45) is 5.92 Å². The minimum Gasteiger partial charge on any atom is -0.396 e. The molecule has 128 valence electrons. The Hall–Kier alpha value is -0.360. The van der Waals surface area contributed by atoms with Crippen LogP contribution in [0, 0.1) is 5.92 Å².